The number of aromatic nitrogens is 3. The van der Waals surface area contributed by atoms with E-state index in [1.165, 1.54) is 12.5 Å². The lowest BCUT2D eigenvalue weighted by Gasteiger charge is -2.06. The highest BCUT2D eigenvalue weighted by atomic mass is 32.2. The Morgan fingerprint density at radius 3 is 2.50 bits per heavy atom. The molecule has 2 aromatic heterocycles. The van der Waals surface area contributed by atoms with Gasteiger partial charge < -0.3 is 9.97 Å². The van der Waals surface area contributed by atoms with Gasteiger partial charge in [-0.25, -0.2) is 4.98 Å². The molecule has 0 aliphatic rings. The van der Waals surface area contributed by atoms with Gasteiger partial charge in [0.15, 0.2) is 5.03 Å². The van der Waals surface area contributed by atoms with Crippen LogP contribution in [0.2, 0.25) is 0 Å². The highest BCUT2D eigenvalue weighted by molar-refractivity contribution is 7.92. The van der Waals surface area contributed by atoms with E-state index in [4.69, 9.17) is 0 Å². The summed E-state index contributed by atoms with van der Waals surface area (Å²) in [5.74, 6) is 0. The SMILES string of the molecule is O=S(=O)(Nc1ccc(-c2cc3ccccc3[nH]2)cc1)c1cnc[nH]1. The van der Waals surface area contributed by atoms with E-state index in [9.17, 15) is 8.42 Å². The van der Waals surface area contributed by atoms with Crippen LogP contribution in [0.4, 0.5) is 5.69 Å². The third-order valence-electron chi connectivity index (χ3n) is 3.74. The third-order valence-corrected chi connectivity index (χ3v) is 5.05. The van der Waals surface area contributed by atoms with Gasteiger partial charge in [-0.1, -0.05) is 30.3 Å². The van der Waals surface area contributed by atoms with E-state index < -0.39 is 10.0 Å². The summed E-state index contributed by atoms with van der Waals surface area (Å²) in [7, 11) is -3.64. The number of rotatable bonds is 4. The lowest BCUT2D eigenvalue weighted by molar-refractivity contribution is 0.598. The molecule has 2 aromatic carbocycles. The van der Waals surface area contributed by atoms with Crippen molar-refractivity contribution in [1.29, 1.82) is 0 Å². The molecule has 2 heterocycles. The molecule has 0 aliphatic carbocycles. The first kappa shape index (κ1) is 14.5. The van der Waals surface area contributed by atoms with Crippen LogP contribution in [-0.4, -0.2) is 23.4 Å². The Labute approximate surface area is 138 Å². The molecule has 0 amide bonds. The molecule has 6 nitrogen and oxygen atoms in total. The highest BCUT2D eigenvalue weighted by Crippen LogP contribution is 2.25. The summed E-state index contributed by atoms with van der Waals surface area (Å²) in [5.41, 5.74) is 3.52. The average Bonchev–Trinajstić information content (AvgIpc) is 3.25. The minimum atomic E-state index is -3.64. The predicted octanol–water partition coefficient (Wildman–Crippen LogP) is 3.36. The number of nitrogens with one attached hydrogen (secondary N) is 3. The molecular formula is C17H14N4O2S. The van der Waals surface area contributed by atoms with Gasteiger partial charge in [0.25, 0.3) is 10.0 Å². The summed E-state index contributed by atoms with van der Waals surface area (Å²) in [4.78, 5) is 9.66. The number of sulfonamides is 1. The lowest BCUT2D eigenvalue weighted by atomic mass is 10.1. The zero-order valence-electron chi connectivity index (χ0n) is 12.5. The van der Waals surface area contributed by atoms with Crippen molar-refractivity contribution in [3.8, 4) is 11.3 Å². The fourth-order valence-corrected chi connectivity index (χ4v) is 3.51. The molecule has 0 aliphatic heterocycles. The van der Waals surface area contributed by atoms with Crippen molar-refractivity contribution in [2.75, 3.05) is 4.72 Å². The van der Waals surface area contributed by atoms with Gasteiger partial charge in [-0.3, -0.25) is 4.72 Å². The highest BCUT2D eigenvalue weighted by Gasteiger charge is 2.15. The number of para-hydroxylation sites is 1. The molecule has 0 atom stereocenters. The molecular weight excluding hydrogens is 324 g/mol. The smallest absolute Gasteiger partial charge is 0.278 e. The zero-order valence-corrected chi connectivity index (χ0v) is 13.3. The van der Waals surface area contributed by atoms with E-state index in [0.29, 0.717) is 5.69 Å². The minimum absolute atomic E-state index is 0.0298. The van der Waals surface area contributed by atoms with Crippen LogP contribution >= 0.6 is 0 Å². The zero-order chi connectivity index (χ0) is 16.6. The second-order valence-electron chi connectivity index (χ2n) is 5.37. The topological polar surface area (TPSA) is 90.6 Å². The summed E-state index contributed by atoms with van der Waals surface area (Å²) >= 11 is 0. The fraction of sp³-hybridized carbons (Fsp3) is 0. The summed E-state index contributed by atoms with van der Waals surface area (Å²) in [6, 6.07) is 17.3. The normalized spacial score (nSPS) is 11.7. The van der Waals surface area contributed by atoms with Crippen molar-refractivity contribution in [3.63, 3.8) is 0 Å². The molecule has 4 aromatic rings. The van der Waals surface area contributed by atoms with E-state index in [0.717, 1.165) is 22.2 Å². The van der Waals surface area contributed by atoms with Crippen molar-refractivity contribution >= 4 is 26.6 Å². The number of anilines is 1. The molecule has 0 saturated carbocycles. The van der Waals surface area contributed by atoms with Gasteiger partial charge in [-0.15, -0.1) is 0 Å². The molecule has 7 heteroatoms. The maximum atomic E-state index is 12.1. The molecule has 0 spiro atoms. The molecule has 0 saturated heterocycles. The lowest BCUT2D eigenvalue weighted by Crippen LogP contribution is -2.13. The van der Waals surface area contributed by atoms with Gasteiger partial charge in [-0.05, 0) is 29.8 Å². The van der Waals surface area contributed by atoms with E-state index in [1.54, 1.807) is 12.1 Å². The summed E-state index contributed by atoms with van der Waals surface area (Å²) < 4.78 is 26.8. The molecule has 0 radical (unpaired) electrons. The first-order chi connectivity index (χ1) is 11.6. The van der Waals surface area contributed by atoms with E-state index in [1.807, 2.05) is 36.4 Å². The Bertz CT molecular complexity index is 1050. The molecule has 24 heavy (non-hydrogen) atoms. The fourth-order valence-electron chi connectivity index (χ4n) is 2.55. The first-order valence-electron chi connectivity index (χ1n) is 7.31. The summed E-state index contributed by atoms with van der Waals surface area (Å²) in [5, 5.41) is 1.17. The van der Waals surface area contributed by atoms with Crippen LogP contribution in [0.1, 0.15) is 0 Å². The maximum Gasteiger partial charge on any atom is 0.278 e. The van der Waals surface area contributed by atoms with Crippen molar-refractivity contribution in [2.45, 2.75) is 5.03 Å². The van der Waals surface area contributed by atoms with Gasteiger partial charge in [-0.2, -0.15) is 8.42 Å². The Kier molecular flexibility index (Phi) is 3.35. The number of nitrogens with zero attached hydrogens (tertiary/aromatic N) is 1. The van der Waals surface area contributed by atoms with Crippen molar-refractivity contribution in [1.82, 2.24) is 15.0 Å². The van der Waals surface area contributed by atoms with Crippen molar-refractivity contribution < 1.29 is 8.42 Å². The largest absolute Gasteiger partial charge is 0.355 e. The quantitative estimate of drug-likeness (QED) is 0.533. The Balaban J connectivity index is 1.61. The Morgan fingerprint density at radius 1 is 1.00 bits per heavy atom. The van der Waals surface area contributed by atoms with Crippen LogP contribution in [0, 0.1) is 0 Å². The van der Waals surface area contributed by atoms with Crippen LogP contribution in [0.25, 0.3) is 22.2 Å². The van der Waals surface area contributed by atoms with Gasteiger partial charge in [0, 0.05) is 22.3 Å². The van der Waals surface area contributed by atoms with Gasteiger partial charge in [0.1, 0.15) is 0 Å². The monoisotopic (exact) mass is 338 g/mol. The van der Waals surface area contributed by atoms with Crippen LogP contribution in [0.3, 0.4) is 0 Å². The standard InChI is InChI=1S/C17H14N4O2S/c22-24(23,17-10-18-11-19-17)21-14-7-5-12(6-8-14)16-9-13-3-1-2-4-15(13)20-16/h1-11,20-21H,(H,18,19). The second-order valence-corrected chi connectivity index (χ2v) is 7.02. The summed E-state index contributed by atoms with van der Waals surface area (Å²) in [6.45, 7) is 0. The van der Waals surface area contributed by atoms with Crippen molar-refractivity contribution in [2.24, 2.45) is 0 Å². The van der Waals surface area contributed by atoms with Crippen LogP contribution in [-0.2, 0) is 10.0 Å². The number of aromatic amines is 2. The Morgan fingerprint density at radius 2 is 1.79 bits per heavy atom. The number of benzene rings is 2. The predicted molar refractivity (Wildman–Crippen MR) is 93.1 cm³/mol. The number of hydrogen-bond acceptors (Lipinski definition) is 3. The summed E-state index contributed by atoms with van der Waals surface area (Å²) in [6.07, 6.45) is 2.59. The molecule has 4 rings (SSSR count). The van der Waals surface area contributed by atoms with Crippen molar-refractivity contribution in [3.05, 3.63) is 67.1 Å². The van der Waals surface area contributed by atoms with Crippen LogP contribution in [0.15, 0.2) is 72.1 Å². The second kappa shape index (κ2) is 5.54. The van der Waals surface area contributed by atoms with Crippen LogP contribution in [0.5, 0.6) is 0 Å². The van der Waals surface area contributed by atoms with Gasteiger partial charge >= 0.3 is 0 Å². The molecule has 0 bridgehead atoms. The third kappa shape index (κ3) is 2.65. The van der Waals surface area contributed by atoms with E-state index in [2.05, 4.69) is 25.7 Å². The molecule has 120 valence electrons. The number of hydrogen-bond donors (Lipinski definition) is 3. The Hall–Kier alpha value is -3.06. The van der Waals surface area contributed by atoms with E-state index in [-0.39, 0.29) is 5.03 Å². The molecule has 0 fully saturated rings. The van der Waals surface area contributed by atoms with Gasteiger partial charge in [0.2, 0.25) is 0 Å². The number of fused-ring (bicyclic) bond motifs is 1. The average molecular weight is 338 g/mol. The molecule has 0 unspecified atom stereocenters. The van der Waals surface area contributed by atoms with E-state index >= 15 is 0 Å². The minimum Gasteiger partial charge on any atom is -0.355 e. The first-order valence-corrected chi connectivity index (χ1v) is 8.79. The number of imidazole rings is 1. The van der Waals surface area contributed by atoms with Gasteiger partial charge in [0.05, 0.1) is 12.5 Å². The van der Waals surface area contributed by atoms with Crippen LogP contribution < -0.4 is 4.72 Å². The maximum absolute atomic E-state index is 12.1. The number of H-pyrrole nitrogens is 2. The molecule has 3 N–H and O–H groups in total.